The summed E-state index contributed by atoms with van der Waals surface area (Å²) in [4.78, 5) is 0. The van der Waals surface area contributed by atoms with E-state index in [1.807, 2.05) is 31.2 Å². The van der Waals surface area contributed by atoms with Gasteiger partial charge in [-0.3, -0.25) is 0 Å². The molecular formula is C13H17BrO2. The molecule has 1 fully saturated rings. The Morgan fingerprint density at radius 2 is 1.94 bits per heavy atom. The standard InChI is InChI=1S/C13H17BrO2/c1-2-15-11-4-3-5-12(8-11)16-10-13(9-14)6-7-13/h3-5,8H,2,6-7,9-10H2,1H3. The molecule has 2 nitrogen and oxygen atoms in total. The van der Waals surface area contributed by atoms with Crippen LogP contribution in [-0.4, -0.2) is 18.5 Å². The molecule has 3 heteroatoms. The first-order valence-corrected chi connectivity index (χ1v) is 6.82. The van der Waals surface area contributed by atoms with E-state index in [4.69, 9.17) is 9.47 Å². The largest absolute Gasteiger partial charge is 0.494 e. The highest BCUT2D eigenvalue weighted by Crippen LogP contribution is 2.47. The van der Waals surface area contributed by atoms with Gasteiger partial charge in [0, 0.05) is 16.8 Å². The summed E-state index contributed by atoms with van der Waals surface area (Å²) in [5.41, 5.74) is 0.390. The van der Waals surface area contributed by atoms with Gasteiger partial charge in [0.15, 0.2) is 0 Å². The zero-order valence-corrected chi connectivity index (χ0v) is 11.1. The van der Waals surface area contributed by atoms with E-state index in [0.29, 0.717) is 12.0 Å². The van der Waals surface area contributed by atoms with Crippen LogP contribution in [0.15, 0.2) is 24.3 Å². The SMILES string of the molecule is CCOc1cccc(OCC2(CBr)CC2)c1. The third-order valence-corrected chi connectivity index (χ3v) is 4.09. The Labute approximate surface area is 105 Å². The van der Waals surface area contributed by atoms with Crippen molar-refractivity contribution in [3.8, 4) is 11.5 Å². The second kappa shape index (κ2) is 5.09. The highest BCUT2D eigenvalue weighted by atomic mass is 79.9. The van der Waals surface area contributed by atoms with Crippen LogP contribution >= 0.6 is 15.9 Å². The minimum atomic E-state index is 0.390. The van der Waals surface area contributed by atoms with Crippen LogP contribution in [0.1, 0.15) is 19.8 Å². The van der Waals surface area contributed by atoms with Crippen LogP contribution in [0.25, 0.3) is 0 Å². The molecule has 1 saturated carbocycles. The second-order valence-corrected chi connectivity index (χ2v) is 4.89. The molecular weight excluding hydrogens is 268 g/mol. The van der Waals surface area contributed by atoms with E-state index in [1.54, 1.807) is 0 Å². The predicted molar refractivity (Wildman–Crippen MR) is 68.6 cm³/mol. The molecule has 88 valence electrons. The molecule has 2 rings (SSSR count). The van der Waals surface area contributed by atoms with Crippen molar-refractivity contribution in [2.24, 2.45) is 5.41 Å². The van der Waals surface area contributed by atoms with Crippen molar-refractivity contribution >= 4 is 15.9 Å². The monoisotopic (exact) mass is 284 g/mol. The van der Waals surface area contributed by atoms with Crippen LogP contribution < -0.4 is 9.47 Å². The zero-order valence-electron chi connectivity index (χ0n) is 9.54. The molecule has 0 amide bonds. The van der Waals surface area contributed by atoms with Gasteiger partial charge in [-0.2, -0.15) is 0 Å². The van der Waals surface area contributed by atoms with Crippen molar-refractivity contribution in [2.45, 2.75) is 19.8 Å². The van der Waals surface area contributed by atoms with Gasteiger partial charge in [-0.25, -0.2) is 0 Å². The number of hydrogen-bond acceptors (Lipinski definition) is 2. The summed E-state index contributed by atoms with van der Waals surface area (Å²) in [6.07, 6.45) is 2.53. The molecule has 0 spiro atoms. The van der Waals surface area contributed by atoms with Gasteiger partial charge in [-0.05, 0) is 31.9 Å². The fraction of sp³-hybridized carbons (Fsp3) is 0.538. The Kier molecular flexibility index (Phi) is 3.74. The van der Waals surface area contributed by atoms with Crippen molar-refractivity contribution in [1.82, 2.24) is 0 Å². The summed E-state index contributed by atoms with van der Waals surface area (Å²) in [6, 6.07) is 7.85. The Morgan fingerprint density at radius 1 is 1.25 bits per heavy atom. The van der Waals surface area contributed by atoms with Gasteiger partial charge in [0.05, 0.1) is 13.2 Å². The Hall–Kier alpha value is -0.700. The van der Waals surface area contributed by atoms with E-state index >= 15 is 0 Å². The summed E-state index contributed by atoms with van der Waals surface area (Å²) in [6.45, 7) is 3.47. The summed E-state index contributed by atoms with van der Waals surface area (Å²) in [5.74, 6) is 1.78. The fourth-order valence-electron chi connectivity index (χ4n) is 1.55. The number of hydrogen-bond donors (Lipinski definition) is 0. The third-order valence-electron chi connectivity index (χ3n) is 2.90. The zero-order chi connectivity index (χ0) is 11.4. The van der Waals surface area contributed by atoms with E-state index in [0.717, 1.165) is 23.4 Å². The Balaban J connectivity index is 1.91. The number of benzene rings is 1. The minimum Gasteiger partial charge on any atom is -0.494 e. The van der Waals surface area contributed by atoms with Crippen molar-refractivity contribution in [3.63, 3.8) is 0 Å². The smallest absolute Gasteiger partial charge is 0.123 e. The predicted octanol–water partition coefficient (Wildman–Crippen LogP) is 3.64. The topological polar surface area (TPSA) is 18.5 Å². The van der Waals surface area contributed by atoms with Gasteiger partial charge < -0.3 is 9.47 Å². The molecule has 1 aliphatic carbocycles. The van der Waals surface area contributed by atoms with Gasteiger partial charge in [0.1, 0.15) is 11.5 Å². The quantitative estimate of drug-likeness (QED) is 0.743. The van der Waals surface area contributed by atoms with Crippen molar-refractivity contribution < 1.29 is 9.47 Å². The molecule has 0 heterocycles. The van der Waals surface area contributed by atoms with Crippen molar-refractivity contribution in [3.05, 3.63) is 24.3 Å². The first kappa shape index (κ1) is 11.8. The Bertz CT molecular complexity index is 348. The van der Waals surface area contributed by atoms with Crippen LogP contribution in [0.2, 0.25) is 0 Å². The maximum atomic E-state index is 5.80. The second-order valence-electron chi connectivity index (χ2n) is 4.33. The maximum absolute atomic E-state index is 5.80. The molecule has 1 aromatic rings. The molecule has 0 aromatic heterocycles. The number of rotatable bonds is 6. The lowest BCUT2D eigenvalue weighted by Crippen LogP contribution is -2.14. The Morgan fingerprint density at radius 3 is 2.50 bits per heavy atom. The summed E-state index contributed by atoms with van der Waals surface area (Å²) in [7, 11) is 0. The highest BCUT2D eigenvalue weighted by molar-refractivity contribution is 9.09. The number of ether oxygens (including phenoxy) is 2. The first-order valence-electron chi connectivity index (χ1n) is 5.70. The lowest BCUT2D eigenvalue weighted by molar-refractivity contribution is 0.249. The van der Waals surface area contributed by atoms with E-state index in [-0.39, 0.29) is 0 Å². The van der Waals surface area contributed by atoms with Crippen molar-refractivity contribution in [2.75, 3.05) is 18.5 Å². The maximum Gasteiger partial charge on any atom is 0.123 e. The lowest BCUT2D eigenvalue weighted by Gasteiger charge is -2.13. The fourth-order valence-corrected chi connectivity index (χ4v) is 2.27. The average molecular weight is 285 g/mol. The highest BCUT2D eigenvalue weighted by Gasteiger charge is 2.42. The first-order chi connectivity index (χ1) is 7.78. The van der Waals surface area contributed by atoms with Gasteiger partial charge in [-0.15, -0.1) is 0 Å². The third kappa shape index (κ3) is 2.91. The summed E-state index contributed by atoms with van der Waals surface area (Å²) < 4.78 is 11.2. The summed E-state index contributed by atoms with van der Waals surface area (Å²) in [5, 5.41) is 1.03. The molecule has 0 saturated heterocycles. The van der Waals surface area contributed by atoms with Gasteiger partial charge >= 0.3 is 0 Å². The van der Waals surface area contributed by atoms with E-state index in [1.165, 1.54) is 12.8 Å². The van der Waals surface area contributed by atoms with E-state index in [9.17, 15) is 0 Å². The molecule has 0 N–H and O–H groups in total. The molecule has 1 aromatic carbocycles. The molecule has 0 unspecified atom stereocenters. The summed E-state index contributed by atoms with van der Waals surface area (Å²) >= 11 is 3.54. The average Bonchev–Trinajstić information content (AvgIpc) is 3.08. The van der Waals surface area contributed by atoms with Crippen LogP contribution in [0.4, 0.5) is 0 Å². The van der Waals surface area contributed by atoms with E-state index in [2.05, 4.69) is 15.9 Å². The van der Waals surface area contributed by atoms with Crippen LogP contribution in [0.5, 0.6) is 11.5 Å². The van der Waals surface area contributed by atoms with Crippen LogP contribution in [0.3, 0.4) is 0 Å². The molecule has 1 aliphatic rings. The normalized spacial score (nSPS) is 16.9. The molecule has 16 heavy (non-hydrogen) atoms. The van der Waals surface area contributed by atoms with Gasteiger partial charge in [-0.1, -0.05) is 22.0 Å². The molecule has 0 aliphatic heterocycles. The van der Waals surface area contributed by atoms with Crippen LogP contribution in [-0.2, 0) is 0 Å². The lowest BCUT2D eigenvalue weighted by atomic mass is 10.2. The molecule has 0 bridgehead atoms. The van der Waals surface area contributed by atoms with E-state index < -0.39 is 0 Å². The number of alkyl halides is 1. The van der Waals surface area contributed by atoms with Crippen LogP contribution in [0, 0.1) is 5.41 Å². The molecule has 0 atom stereocenters. The van der Waals surface area contributed by atoms with Crippen molar-refractivity contribution in [1.29, 1.82) is 0 Å². The molecule has 0 radical (unpaired) electrons. The van der Waals surface area contributed by atoms with Gasteiger partial charge in [0.2, 0.25) is 0 Å². The van der Waals surface area contributed by atoms with Gasteiger partial charge in [0.25, 0.3) is 0 Å². The minimum absolute atomic E-state index is 0.390. The number of halogens is 1.